The number of nitrogens with one attached hydrogen (secondary N) is 1. The molecular formula is C23H20ClN5O4. The smallest absolute Gasteiger partial charge is 0.255 e. The predicted octanol–water partition coefficient (Wildman–Crippen LogP) is 2.57. The Morgan fingerprint density at radius 2 is 2.06 bits per heavy atom. The molecule has 0 saturated carbocycles. The second-order valence-electron chi connectivity index (χ2n) is 8.06. The molecule has 10 heteroatoms. The lowest BCUT2D eigenvalue weighted by atomic mass is 10.0. The average Bonchev–Trinajstić information content (AvgIpc) is 3.40. The topological polar surface area (TPSA) is 106 Å². The van der Waals surface area contributed by atoms with Gasteiger partial charge in [-0.05, 0) is 43.2 Å². The van der Waals surface area contributed by atoms with Gasteiger partial charge in [0.1, 0.15) is 24.1 Å². The van der Waals surface area contributed by atoms with Crippen molar-refractivity contribution in [2.24, 2.45) is 0 Å². The van der Waals surface area contributed by atoms with Crippen molar-refractivity contribution < 1.29 is 19.1 Å². The van der Waals surface area contributed by atoms with E-state index >= 15 is 0 Å². The van der Waals surface area contributed by atoms with Gasteiger partial charge in [0.2, 0.25) is 11.8 Å². The zero-order chi connectivity index (χ0) is 23.1. The Morgan fingerprint density at radius 3 is 2.85 bits per heavy atom. The van der Waals surface area contributed by atoms with Gasteiger partial charge in [0.25, 0.3) is 5.91 Å². The highest BCUT2D eigenvalue weighted by molar-refractivity contribution is 6.31. The zero-order valence-electron chi connectivity index (χ0n) is 17.7. The van der Waals surface area contributed by atoms with E-state index in [1.54, 1.807) is 29.1 Å². The highest BCUT2D eigenvalue weighted by Gasteiger charge is 2.40. The summed E-state index contributed by atoms with van der Waals surface area (Å²) in [7, 11) is 0. The zero-order valence-corrected chi connectivity index (χ0v) is 18.5. The molecular weight excluding hydrogens is 446 g/mol. The van der Waals surface area contributed by atoms with Gasteiger partial charge in [0.15, 0.2) is 0 Å². The number of hydrogen-bond acceptors (Lipinski definition) is 6. The first-order valence-corrected chi connectivity index (χ1v) is 10.9. The molecule has 1 aromatic heterocycles. The van der Waals surface area contributed by atoms with Gasteiger partial charge in [-0.3, -0.25) is 19.7 Å². The van der Waals surface area contributed by atoms with E-state index in [2.05, 4.69) is 15.6 Å². The number of nitrogens with zero attached hydrogens (tertiary/aromatic N) is 4. The van der Waals surface area contributed by atoms with Gasteiger partial charge in [-0.2, -0.15) is 0 Å². The third kappa shape index (κ3) is 3.95. The highest BCUT2D eigenvalue weighted by atomic mass is 35.5. The van der Waals surface area contributed by atoms with Crippen LogP contribution in [0.25, 0.3) is 5.69 Å². The third-order valence-corrected chi connectivity index (χ3v) is 6.28. The van der Waals surface area contributed by atoms with Crippen molar-refractivity contribution >= 4 is 29.3 Å². The van der Waals surface area contributed by atoms with Gasteiger partial charge >= 0.3 is 0 Å². The second kappa shape index (κ2) is 8.32. The van der Waals surface area contributed by atoms with Crippen LogP contribution in [0.15, 0.2) is 42.6 Å². The summed E-state index contributed by atoms with van der Waals surface area (Å²) in [4.78, 5) is 38.1. The number of halogens is 1. The van der Waals surface area contributed by atoms with Crippen LogP contribution in [-0.4, -0.2) is 43.7 Å². The molecule has 0 aliphatic carbocycles. The molecule has 1 saturated heterocycles. The molecule has 9 nitrogen and oxygen atoms in total. The molecule has 2 aliphatic heterocycles. The van der Waals surface area contributed by atoms with Gasteiger partial charge in [0.05, 0.1) is 18.4 Å². The summed E-state index contributed by atoms with van der Waals surface area (Å²) in [6, 6.07) is 10.2. The summed E-state index contributed by atoms with van der Waals surface area (Å²) >= 11 is 6.20. The van der Waals surface area contributed by atoms with E-state index in [4.69, 9.17) is 16.3 Å². The minimum atomic E-state index is -0.670. The number of amides is 3. The number of carbonyl (C=O) groups excluding carboxylic acids is 3. The first kappa shape index (κ1) is 21.1. The van der Waals surface area contributed by atoms with E-state index in [1.807, 2.05) is 25.1 Å². The maximum atomic E-state index is 12.9. The SMILES string of the molecule is Cc1ccc(-n2cc(COc3cccc4c3CN(C3CCC(=O)NC3=O)C4=O)nn2)cc1Cl. The van der Waals surface area contributed by atoms with Gasteiger partial charge in [0, 0.05) is 22.6 Å². The predicted molar refractivity (Wildman–Crippen MR) is 118 cm³/mol. The molecule has 1 unspecified atom stereocenters. The first-order chi connectivity index (χ1) is 15.9. The molecule has 2 aromatic carbocycles. The number of piperidine rings is 1. The van der Waals surface area contributed by atoms with E-state index in [-0.39, 0.29) is 31.4 Å². The Morgan fingerprint density at radius 1 is 1.21 bits per heavy atom. The van der Waals surface area contributed by atoms with Crippen molar-refractivity contribution in [2.75, 3.05) is 0 Å². The Balaban J connectivity index is 1.31. The summed E-state index contributed by atoms with van der Waals surface area (Å²) in [5.74, 6) is -0.455. The Kier molecular flexibility index (Phi) is 5.33. The van der Waals surface area contributed by atoms with Gasteiger partial charge < -0.3 is 9.64 Å². The van der Waals surface area contributed by atoms with Crippen molar-refractivity contribution in [3.63, 3.8) is 0 Å². The fourth-order valence-electron chi connectivity index (χ4n) is 4.06. The summed E-state index contributed by atoms with van der Waals surface area (Å²) in [5.41, 5.74) is 3.58. The summed E-state index contributed by atoms with van der Waals surface area (Å²) < 4.78 is 7.60. The van der Waals surface area contributed by atoms with E-state index in [1.165, 1.54) is 4.90 Å². The fraction of sp³-hybridized carbons (Fsp3) is 0.261. The van der Waals surface area contributed by atoms with Crippen molar-refractivity contribution in [3.05, 3.63) is 70.0 Å². The largest absolute Gasteiger partial charge is 0.487 e. The molecule has 2 aliphatic rings. The fourth-order valence-corrected chi connectivity index (χ4v) is 4.23. The van der Waals surface area contributed by atoms with Crippen LogP contribution in [0.1, 0.15) is 40.0 Å². The first-order valence-electron chi connectivity index (χ1n) is 10.5. The monoisotopic (exact) mass is 465 g/mol. The van der Waals surface area contributed by atoms with E-state index < -0.39 is 11.9 Å². The number of ether oxygens (including phenoxy) is 1. The number of aromatic nitrogens is 3. The minimum Gasteiger partial charge on any atom is -0.487 e. The molecule has 3 aromatic rings. The number of rotatable bonds is 5. The standard InChI is InChI=1S/C23H20ClN5O4/c1-13-5-6-15(9-18(13)24)29-10-14(26-27-29)12-33-20-4-2-3-16-17(20)11-28(23(16)32)19-7-8-21(30)25-22(19)31/h2-6,9-10,19H,7-8,11-12H2,1H3,(H,25,30,31). The lowest BCUT2D eigenvalue weighted by Gasteiger charge is -2.29. The molecule has 0 radical (unpaired) electrons. The van der Waals surface area contributed by atoms with Crippen LogP contribution in [0.2, 0.25) is 5.02 Å². The minimum absolute atomic E-state index is 0.155. The maximum absolute atomic E-state index is 12.9. The van der Waals surface area contributed by atoms with Crippen LogP contribution >= 0.6 is 11.6 Å². The number of hydrogen-bond donors (Lipinski definition) is 1. The molecule has 3 amide bonds. The van der Waals surface area contributed by atoms with Crippen LogP contribution < -0.4 is 10.1 Å². The van der Waals surface area contributed by atoms with Crippen LogP contribution in [-0.2, 0) is 22.7 Å². The second-order valence-corrected chi connectivity index (χ2v) is 8.47. The highest BCUT2D eigenvalue weighted by Crippen LogP contribution is 2.33. The van der Waals surface area contributed by atoms with E-state index in [0.29, 0.717) is 34.0 Å². The quantitative estimate of drug-likeness (QED) is 0.580. The Hall–Kier alpha value is -3.72. The lowest BCUT2D eigenvalue weighted by molar-refractivity contribution is -0.136. The van der Waals surface area contributed by atoms with E-state index in [0.717, 1.165) is 11.3 Å². The molecule has 33 heavy (non-hydrogen) atoms. The normalized spacial score (nSPS) is 17.8. The van der Waals surface area contributed by atoms with Crippen molar-refractivity contribution in [1.29, 1.82) is 0 Å². The summed E-state index contributed by atoms with van der Waals surface area (Å²) in [5, 5.41) is 11.2. The van der Waals surface area contributed by atoms with Crippen LogP contribution in [0, 0.1) is 6.92 Å². The van der Waals surface area contributed by atoms with Gasteiger partial charge in [-0.25, -0.2) is 4.68 Å². The number of imide groups is 1. The summed E-state index contributed by atoms with van der Waals surface area (Å²) in [6.07, 6.45) is 2.28. The molecule has 5 rings (SSSR count). The average molecular weight is 466 g/mol. The van der Waals surface area contributed by atoms with E-state index in [9.17, 15) is 14.4 Å². The molecule has 3 heterocycles. The van der Waals surface area contributed by atoms with Crippen molar-refractivity contribution in [3.8, 4) is 11.4 Å². The maximum Gasteiger partial charge on any atom is 0.255 e. The number of aryl methyl sites for hydroxylation is 1. The third-order valence-electron chi connectivity index (χ3n) is 5.88. The summed E-state index contributed by atoms with van der Waals surface area (Å²) in [6.45, 7) is 2.32. The number of fused-ring (bicyclic) bond motifs is 1. The lowest BCUT2D eigenvalue weighted by Crippen LogP contribution is -2.52. The molecule has 0 spiro atoms. The van der Waals surface area contributed by atoms with Crippen LogP contribution in [0.5, 0.6) is 5.75 Å². The van der Waals surface area contributed by atoms with Gasteiger partial charge in [-0.1, -0.05) is 28.9 Å². The van der Waals surface area contributed by atoms with Crippen LogP contribution in [0.4, 0.5) is 0 Å². The molecule has 1 fully saturated rings. The molecule has 1 atom stereocenters. The molecule has 0 bridgehead atoms. The number of benzene rings is 2. The van der Waals surface area contributed by atoms with Crippen molar-refractivity contribution in [1.82, 2.24) is 25.2 Å². The Bertz CT molecular complexity index is 1290. The van der Waals surface area contributed by atoms with Crippen molar-refractivity contribution in [2.45, 2.75) is 39.0 Å². The molecule has 168 valence electrons. The van der Waals surface area contributed by atoms with Gasteiger partial charge in [-0.15, -0.1) is 5.10 Å². The molecule has 1 N–H and O–H groups in total. The Labute approximate surface area is 194 Å². The van der Waals surface area contributed by atoms with Crippen LogP contribution in [0.3, 0.4) is 0 Å². The number of carbonyl (C=O) groups is 3.